The van der Waals surface area contributed by atoms with Crippen LogP contribution < -0.4 is 5.32 Å². The van der Waals surface area contributed by atoms with Crippen molar-refractivity contribution in [1.29, 1.82) is 0 Å². The second kappa shape index (κ2) is 7.07. The monoisotopic (exact) mass is 358 g/mol. The zero-order valence-electron chi connectivity index (χ0n) is 14.7. The minimum atomic E-state index is -0.314. The van der Waals surface area contributed by atoms with E-state index in [1.54, 1.807) is 25.4 Å². The number of carbonyl (C=O) groups is 1. The summed E-state index contributed by atoms with van der Waals surface area (Å²) in [4.78, 5) is 14.4. The fourth-order valence-corrected chi connectivity index (χ4v) is 4.30. The SMILES string of the molecule is CO[C@H]1C[C@@H]2CN(C(=O)Nc3ccc(F)cc3)C[C@@H]2C[C@@H]1n1cccn1. The van der Waals surface area contributed by atoms with Gasteiger partial charge in [-0.15, -0.1) is 0 Å². The fourth-order valence-electron chi connectivity index (χ4n) is 4.30. The molecule has 2 heterocycles. The summed E-state index contributed by atoms with van der Waals surface area (Å²) in [6.07, 6.45) is 5.74. The molecular formula is C19H23FN4O2. The number of rotatable bonds is 3. The van der Waals surface area contributed by atoms with E-state index in [1.807, 2.05) is 21.8 Å². The molecule has 4 atom stereocenters. The number of nitrogens with one attached hydrogen (secondary N) is 1. The number of amides is 2. The minimum absolute atomic E-state index is 0.108. The van der Waals surface area contributed by atoms with Gasteiger partial charge in [-0.2, -0.15) is 5.10 Å². The molecule has 1 N–H and O–H groups in total. The second-order valence-corrected chi connectivity index (χ2v) is 7.16. The second-order valence-electron chi connectivity index (χ2n) is 7.16. The van der Waals surface area contributed by atoms with Gasteiger partial charge in [0.25, 0.3) is 0 Å². The molecule has 26 heavy (non-hydrogen) atoms. The number of fused-ring (bicyclic) bond motifs is 1. The Morgan fingerprint density at radius 1 is 1.23 bits per heavy atom. The van der Waals surface area contributed by atoms with Gasteiger partial charge in [0, 0.05) is 38.3 Å². The Kier molecular flexibility index (Phi) is 4.63. The molecule has 4 rings (SSSR count). The molecule has 6 nitrogen and oxygen atoms in total. The van der Waals surface area contributed by atoms with Gasteiger partial charge < -0.3 is 15.0 Å². The van der Waals surface area contributed by atoms with E-state index in [0.29, 0.717) is 17.5 Å². The Balaban J connectivity index is 1.42. The smallest absolute Gasteiger partial charge is 0.321 e. The van der Waals surface area contributed by atoms with Crippen molar-refractivity contribution in [3.63, 3.8) is 0 Å². The number of ether oxygens (including phenoxy) is 1. The van der Waals surface area contributed by atoms with Crippen LogP contribution in [0.1, 0.15) is 18.9 Å². The van der Waals surface area contributed by atoms with Crippen molar-refractivity contribution in [2.24, 2.45) is 11.8 Å². The van der Waals surface area contributed by atoms with Gasteiger partial charge in [-0.05, 0) is 55.0 Å². The number of carbonyl (C=O) groups excluding carboxylic acids is 1. The molecular weight excluding hydrogens is 335 g/mol. The zero-order chi connectivity index (χ0) is 18.1. The van der Waals surface area contributed by atoms with Crippen molar-refractivity contribution < 1.29 is 13.9 Å². The summed E-state index contributed by atoms with van der Waals surface area (Å²) in [5.74, 6) is 0.561. The van der Waals surface area contributed by atoms with Gasteiger partial charge >= 0.3 is 6.03 Å². The van der Waals surface area contributed by atoms with Crippen molar-refractivity contribution in [1.82, 2.24) is 14.7 Å². The van der Waals surface area contributed by atoms with Crippen LogP contribution in [0, 0.1) is 17.7 Å². The van der Waals surface area contributed by atoms with Gasteiger partial charge in [-0.1, -0.05) is 0 Å². The lowest BCUT2D eigenvalue weighted by Gasteiger charge is -2.37. The molecule has 1 saturated heterocycles. The third kappa shape index (κ3) is 3.31. The first kappa shape index (κ1) is 17.0. The van der Waals surface area contributed by atoms with E-state index in [2.05, 4.69) is 10.4 Å². The van der Waals surface area contributed by atoms with Crippen molar-refractivity contribution in [3.05, 3.63) is 48.5 Å². The summed E-state index contributed by atoms with van der Waals surface area (Å²) >= 11 is 0. The van der Waals surface area contributed by atoms with Crippen molar-refractivity contribution in [3.8, 4) is 0 Å². The van der Waals surface area contributed by atoms with Crippen LogP contribution in [0.15, 0.2) is 42.7 Å². The number of hydrogen-bond donors (Lipinski definition) is 1. The standard InChI is InChI=1S/C19H23FN4O2/c1-26-18-10-14-12-23(19(25)22-16-5-3-15(20)4-6-16)11-13(14)9-17(18)24-8-2-7-21-24/h2-8,13-14,17-18H,9-12H2,1H3,(H,22,25)/t13-,14+,17-,18-/m0/s1. The number of methoxy groups -OCH3 is 1. The quantitative estimate of drug-likeness (QED) is 0.917. The summed E-state index contributed by atoms with van der Waals surface area (Å²) in [5, 5.41) is 7.24. The zero-order valence-corrected chi connectivity index (χ0v) is 14.7. The highest BCUT2D eigenvalue weighted by molar-refractivity contribution is 5.89. The van der Waals surface area contributed by atoms with Gasteiger partial charge in [0.05, 0.1) is 12.1 Å². The number of benzene rings is 1. The van der Waals surface area contributed by atoms with Gasteiger partial charge in [-0.3, -0.25) is 4.68 Å². The van der Waals surface area contributed by atoms with E-state index in [0.717, 1.165) is 25.9 Å². The highest BCUT2D eigenvalue weighted by Gasteiger charge is 2.44. The predicted octanol–water partition coefficient (Wildman–Crippen LogP) is 3.15. The number of halogens is 1. The molecule has 2 amide bonds. The number of likely N-dealkylation sites (tertiary alicyclic amines) is 1. The summed E-state index contributed by atoms with van der Waals surface area (Å²) in [6, 6.07) is 7.84. The summed E-state index contributed by atoms with van der Waals surface area (Å²) < 4.78 is 20.7. The van der Waals surface area contributed by atoms with Gasteiger partial charge in [-0.25, -0.2) is 9.18 Å². The van der Waals surface area contributed by atoms with Crippen LogP contribution in [0.25, 0.3) is 0 Å². The fraction of sp³-hybridized carbons (Fsp3) is 0.474. The molecule has 2 aliphatic rings. The van der Waals surface area contributed by atoms with E-state index < -0.39 is 0 Å². The van der Waals surface area contributed by atoms with Gasteiger partial charge in [0.15, 0.2) is 0 Å². The molecule has 0 radical (unpaired) electrons. The maximum absolute atomic E-state index is 13.0. The summed E-state index contributed by atoms with van der Waals surface area (Å²) in [5.41, 5.74) is 0.607. The van der Waals surface area contributed by atoms with Crippen LogP contribution >= 0.6 is 0 Å². The highest BCUT2D eigenvalue weighted by atomic mass is 19.1. The molecule has 2 fully saturated rings. The molecule has 7 heteroatoms. The van der Waals surface area contributed by atoms with Crippen molar-refractivity contribution in [2.75, 3.05) is 25.5 Å². The van der Waals surface area contributed by atoms with Crippen LogP contribution in [-0.2, 0) is 4.74 Å². The van der Waals surface area contributed by atoms with Gasteiger partial charge in [0.1, 0.15) is 5.82 Å². The Morgan fingerprint density at radius 3 is 2.62 bits per heavy atom. The minimum Gasteiger partial charge on any atom is -0.379 e. The number of urea groups is 1. The van der Waals surface area contributed by atoms with Crippen molar-refractivity contribution >= 4 is 11.7 Å². The lowest BCUT2D eigenvalue weighted by atomic mass is 9.77. The molecule has 0 bridgehead atoms. The van der Waals surface area contributed by atoms with Crippen LogP contribution in [0.3, 0.4) is 0 Å². The largest absolute Gasteiger partial charge is 0.379 e. The number of aromatic nitrogens is 2. The normalized spacial score (nSPS) is 28.0. The summed E-state index contributed by atoms with van der Waals surface area (Å²) in [6.45, 7) is 1.45. The Bertz CT molecular complexity index is 749. The first-order valence-electron chi connectivity index (χ1n) is 8.97. The number of nitrogens with zero attached hydrogens (tertiary/aromatic N) is 3. The third-order valence-electron chi connectivity index (χ3n) is 5.64. The van der Waals surface area contributed by atoms with Crippen LogP contribution in [-0.4, -0.2) is 47.0 Å². The molecule has 2 aromatic rings. The van der Waals surface area contributed by atoms with E-state index in [-0.39, 0.29) is 24.0 Å². The maximum Gasteiger partial charge on any atom is 0.321 e. The third-order valence-corrected chi connectivity index (χ3v) is 5.64. The first-order valence-corrected chi connectivity index (χ1v) is 8.97. The van der Waals surface area contributed by atoms with Crippen molar-refractivity contribution in [2.45, 2.75) is 25.0 Å². The lowest BCUT2D eigenvalue weighted by Crippen LogP contribution is -2.37. The molecule has 1 aromatic heterocycles. The molecule has 1 aliphatic heterocycles. The Morgan fingerprint density at radius 2 is 1.96 bits per heavy atom. The molecule has 0 spiro atoms. The number of anilines is 1. The van der Waals surface area contributed by atoms with E-state index in [4.69, 9.17) is 4.74 Å². The predicted molar refractivity (Wildman–Crippen MR) is 95.3 cm³/mol. The molecule has 1 aromatic carbocycles. The average molecular weight is 358 g/mol. The van der Waals surface area contributed by atoms with E-state index >= 15 is 0 Å². The summed E-state index contributed by atoms with van der Waals surface area (Å²) in [7, 11) is 1.75. The van der Waals surface area contributed by atoms with Gasteiger partial charge in [0.2, 0.25) is 0 Å². The molecule has 138 valence electrons. The van der Waals surface area contributed by atoms with Crippen LogP contribution in [0.4, 0.5) is 14.9 Å². The van der Waals surface area contributed by atoms with Crippen LogP contribution in [0.2, 0.25) is 0 Å². The highest BCUT2D eigenvalue weighted by Crippen LogP contribution is 2.42. The molecule has 0 unspecified atom stereocenters. The lowest BCUT2D eigenvalue weighted by molar-refractivity contribution is -0.00485. The first-order chi connectivity index (χ1) is 12.6. The van der Waals surface area contributed by atoms with Crippen LogP contribution in [0.5, 0.6) is 0 Å². The maximum atomic E-state index is 13.0. The number of hydrogen-bond acceptors (Lipinski definition) is 3. The average Bonchev–Trinajstić information content (AvgIpc) is 3.31. The van der Waals surface area contributed by atoms with E-state index in [1.165, 1.54) is 12.1 Å². The van der Waals surface area contributed by atoms with E-state index in [9.17, 15) is 9.18 Å². The Hall–Kier alpha value is -2.41. The topological polar surface area (TPSA) is 59.4 Å². The molecule has 1 aliphatic carbocycles. The molecule has 1 saturated carbocycles. The Labute approximate surface area is 151 Å².